The van der Waals surface area contributed by atoms with Crippen molar-refractivity contribution in [2.24, 2.45) is 5.92 Å². The van der Waals surface area contributed by atoms with Crippen molar-refractivity contribution in [1.82, 2.24) is 15.4 Å². The van der Waals surface area contributed by atoms with Gasteiger partial charge in [0, 0.05) is 12.6 Å². The van der Waals surface area contributed by atoms with E-state index in [1.807, 2.05) is 14.0 Å². The van der Waals surface area contributed by atoms with Crippen LogP contribution in [0.3, 0.4) is 0 Å². The van der Waals surface area contributed by atoms with Crippen LogP contribution in [0.1, 0.15) is 18.5 Å². The molecule has 0 radical (unpaired) electrons. The Morgan fingerprint density at radius 2 is 2.47 bits per heavy atom. The van der Waals surface area contributed by atoms with Gasteiger partial charge >= 0.3 is 0 Å². The summed E-state index contributed by atoms with van der Waals surface area (Å²) in [6, 6.07) is 1.72. The molecule has 1 saturated heterocycles. The standard InChI is InChI=1S/C13H22N4O2/c1-10-6-13(19-16-10)15-12(18)9-17-5-3-4-11(8-17)7-14-2/h6,11,14H,3-5,7-9H2,1-2H3,(H,15,18). The van der Waals surface area contributed by atoms with Crippen molar-refractivity contribution in [1.29, 1.82) is 0 Å². The number of anilines is 1. The van der Waals surface area contributed by atoms with Crippen LogP contribution in [-0.2, 0) is 4.79 Å². The minimum absolute atomic E-state index is 0.0405. The highest BCUT2D eigenvalue weighted by atomic mass is 16.5. The van der Waals surface area contributed by atoms with Crippen molar-refractivity contribution < 1.29 is 9.32 Å². The molecule has 0 aliphatic carbocycles. The van der Waals surface area contributed by atoms with E-state index in [1.165, 1.54) is 6.42 Å². The van der Waals surface area contributed by atoms with Gasteiger partial charge in [-0.25, -0.2) is 0 Å². The lowest BCUT2D eigenvalue weighted by Crippen LogP contribution is -2.42. The lowest BCUT2D eigenvalue weighted by molar-refractivity contribution is -0.117. The van der Waals surface area contributed by atoms with Gasteiger partial charge in [0.15, 0.2) is 0 Å². The molecule has 2 rings (SSSR count). The average molecular weight is 266 g/mol. The number of carbonyl (C=O) groups excluding carboxylic acids is 1. The predicted molar refractivity (Wildman–Crippen MR) is 73.0 cm³/mol. The third-order valence-electron chi connectivity index (χ3n) is 3.35. The van der Waals surface area contributed by atoms with Crippen molar-refractivity contribution >= 4 is 11.8 Å². The van der Waals surface area contributed by atoms with Gasteiger partial charge in [-0.15, -0.1) is 0 Å². The van der Waals surface area contributed by atoms with Gasteiger partial charge in [-0.05, 0) is 45.8 Å². The summed E-state index contributed by atoms with van der Waals surface area (Å²) in [6.45, 7) is 5.22. The maximum Gasteiger partial charge on any atom is 0.240 e. The van der Waals surface area contributed by atoms with Crippen LogP contribution in [-0.4, -0.2) is 49.2 Å². The van der Waals surface area contributed by atoms with E-state index in [0.717, 1.165) is 31.7 Å². The first-order valence-corrected chi connectivity index (χ1v) is 6.77. The van der Waals surface area contributed by atoms with Crippen LogP contribution in [0.5, 0.6) is 0 Å². The third kappa shape index (κ3) is 4.33. The van der Waals surface area contributed by atoms with Gasteiger partial charge < -0.3 is 9.84 Å². The average Bonchev–Trinajstić information content (AvgIpc) is 2.75. The van der Waals surface area contributed by atoms with E-state index in [1.54, 1.807) is 6.07 Å². The number of rotatable bonds is 5. The number of hydrogen-bond donors (Lipinski definition) is 2. The smallest absolute Gasteiger partial charge is 0.240 e. The maximum absolute atomic E-state index is 11.9. The highest BCUT2D eigenvalue weighted by molar-refractivity contribution is 5.90. The van der Waals surface area contributed by atoms with Crippen LogP contribution in [0.15, 0.2) is 10.6 Å². The molecule has 0 aromatic carbocycles. The molecule has 1 atom stereocenters. The highest BCUT2D eigenvalue weighted by Gasteiger charge is 2.21. The Bertz CT molecular complexity index is 417. The maximum atomic E-state index is 11.9. The number of nitrogens with one attached hydrogen (secondary N) is 2. The van der Waals surface area contributed by atoms with Crippen molar-refractivity contribution in [2.75, 3.05) is 38.5 Å². The summed E-state index contributed by atoms with van der Waals surface area (Å²) in [4.78, 5) is 14.1. The van der Waals surface area contributed by atoms with Crippen molar-refractivity contribution in [2.45, 2.75) is 19.8 Å². The Morgan fingerprint density at radius 3 is 3.16 bits per heavy atom. The fourth-order valence-electron chi connectivity index (χ4n) is 2.55. The van der Waals surface area contributed by atoms with E-state index < -0.39 is 0 Å². The zero-order valence-electron chi connectivity index (χ0n) is 11.6. The molecule has 0 saturated carbocycles. The number of carbonyl (C=O) groups is 1. The lowest BCUT2D eigenvalue weighted by atomic mass is 9.98. The largest absolute Gasteiger partial charge is 0.338 e. The number of amides is 1. The normalized spacial score (nSPS) is 20.4. The molecule has 6 nitrogen and oxygen atoms in total. The van der Waals surface area contributed by atoms with Crippen molar-refractivity contribution in [3.63, 3.8) is 0 Å². The quantitative estimate of drug-likeness (QED) is 0.827. The van der Waals surface area contributed by atoms with E-state index in [2.05, 4.69) is 20.7 Å². The molecule has 1 aromatic heterocycles. The molecule has 1 aliphatic heterocycles. The molecule has 0 bridgehead atoms. The monoisotopic (exact) mass is 266 g/mol. The van der Waals surface area contributed by atoms with Gasteiger partial charge in [-0.1, -0.05) is 5.16 Å². The Hall–Kier alpha value is -1.40. The van der Waals surface area contributed by atoms with Crippen LogP contribution in [0.25, 0.3) is 0 Å². The van der Waals surface area contributed by atoms with E-state index in [-0.39, 0.29) is 5.91 Å². The first-order valence-electron chi connectivity index (χ1n) is 6.77. The zero-order chi connectivity index (χ0) is 13.7. The fourth-order valence-corrected chi connectivity index (χ4v) is 2.55. The van der Waals surface area contributed by atoms with E-state index in [9.17, 15) is 4.79 Å². The van der Waals surface area contributed by atoms with Gasteiger partial charge in [0.25, 0.3) is 0 Å². The van der Waals surface area contributed by atoms with Gasteiger partial charge in [-0.2, -0.15) is 0 Å². The second kappa shape index (κ2) is 6.68. The summed E-state index contributed by atoms with van der Waals surface area (Å²) >= 11 is 0. The molecule has 1 unspecified atom stereocenters. The first-order chi connectivity index (χ1) is 9.17. The van der Waals surface area contributed by atoms with E-state index in [4.69, 9.17) is 4.52 Å². The van der Waals surface area contributed by atoms with Crippen LogP contribution >= 0.6 is 0 Å². The van der Waals surface area contributed by atoms with Gasteiger partial charge in [0.2, 0.25) is 11.8 Å². The minimum atomic E-state index is -0.0405. The Balaban J connectivity index is 1.78. The number of likely N-dealkylation sites (tertiary alicyclic amines) is 1. The molecule has 1 aliphatic rings. The Morgan fingerprint density at radius 1 is 1.63 bits per heavy atom. The number of aryl methyl sites for hydroxylation is 1. The summed E-state index contributed by atoms with van der Waals surface area (Å²) in [6.07, 6.45) is 2.39. The predicted octanol–water partition coefficient (Wildman–Crippen LogP) is 0.853. The molecule has 19 heavy (non-hydrogen) atoms. The molecule has 2 heterocycles. The summed E-state index contributed by atoms with van der Waals surface area (Å²) in [5.41, 5.74) is 0.766. The van der Waals surface area contributed by atoms with Gasteiger partial charge in [0.05, 0.1) is 12.2 Å². The molecule has 2 N–H and O–H groups in total. The van der Waals surface area contributed by atoms with Gasteiger partial charge in [-0.3, -0.25) is 15.0 Å². The molecule has 1 fully saturated rings. The first kappa shape index (κ1) is 14.0. The fraction of sp³-hybridized carbons (Fsp3) is 0.692. The summed E-state index contributed by atoms with van der Waals surface area (Å²) in [5, 5.41) is 9.68. The Labute approximate surface area is 113 Å². The molecule has 1 aromatic rings. The number of aromatic nitrogens is 1. The second-order valence-corrected chi connectivity index (χ2v) is 5.18. The summed E-state index contributed by atoms with van der Waals surface area (Å²) < 4.78 is 4.97. The molecule has 0 spiro atoms. The van der Waals surface area contributed by atoms with Gasteiger partial charge in [0.1, 0.15) is 0 Å². The van der Waals surface area contributed by atoms with Crippen molar-refractivity contribution in [3.05, 3.63) is 11.8 Å². The topological polar surface area (TPSA) is 70.4 Å². The summed E-state index contributed by atoms with van der Waals surface area (Å²) in [5.74, 6) is 1.02. The number of hydrogen-bond acceptors (Lipinski definition) is 5. The summed E-state index contributed by atoms with van der Waals surface area (Å²) in [7, 11) is 1.97. The lowest BCUT2D eigenvalue weighted by Gasteiger charge is -2.31. The number of piperidine rings is 1. The zero-order valence-corrected chi connectivity index (χ0v) is 11.6. The Kier molecular flexibility index (Phi) is 4.93. The SMILES string of the molecule is CNCC1CCCN(CC(=O)Nc2cc(C)no2)C1. The minimum Gasteiger partial charge on any atom is -0.338 e. The second-order valence-electron chi connectivity index (χ2n) is 5.18. The third-order valence-corrected chi connectivity index (χ3v) is 3.35. The molecule has 6 heteroatoms. The molecule has 1 amide bonds. The van der Waals surface area contributed by atoms with Crippen LogP contribution in [0.2, 0.25) is 0 Å². The van der Waals surface area contributed by atoms with Crippen LogP contribution in [0.4, 0.5) is 5.88 Å². The van der Waals surface area contributed by atoms with E-state index >= 15 is 0 Å². The van der Waals surface area contributed by atoms with Crippen LogP contribution in [0, 0.1) is 12.8 Å². The van der Waals surface area contributed by atoms with E-state index in [0.29, 0.717) is 18.3 Å². The molecule has 106 valence electrons. The number of nitrogens with zero attached hydrogens (tertiary/aromatic N) is 2. The molecular weight excluding hydrogens is 244 g/mol. The molecular formula is C13H22N4O2. The van der Waals surface area contributed by atoms with Crippen LogP contribution < -0.4 is 10.6 Å². The van der Waals surface area contributed by atoms with Crippen molar-refractivity contribution in [3.8, 4) is 0 Å². The highest BCUT2D eigenvalue weighted by Crippen LogP contribution is 2.15.